The van der Waals surface area contributed by atoms with Crippen LogP contribution in [0.5, 0.6) is 5.75 Å². The SMILES string of the molecule is CC1CC(O)(C2(CN)COc3ccccc3C2)CCO1. The Balaban J connectivity index is 1.93. The smallest absolute Gasteiger partial charge is 0.122 e. The Morgan fingerprint density at radius 3 is 2.95 bits per heavy atom. The van der Waals surface area contributed by atoms with E-state index in [4.69, 9.17) is 15.2 Å². The lowest BCUT2D eigenvalue weighted by molar-refractivity contribution is -0.174. The summed E-state index contributed by atoms with van der Waals surface area (Å²) in [5.74, 6) is 0.917. The molecule has 1 aromatic carbocycles. The van der Waals surface area contributed by atoms with Gasteiger partial charge in [0.1, 0.15) is 5.75 Å². The van der Waals surface area contributed by atoms with Gasteiger partial charge in [-0.1, -0.05) is 18.2 Å². The van der Waals surface area contributed by atoms with E-state index in [1.807, 2.05) is 25.1 Å². The third-order valence-electron chi connectivity index (χ3n) is 4.93. The average Bonchev–Trinajstić information content (AvgIpc) is 2.46. The van der Waals surface area contributed by atoms with Crippen LogP contribution in [0.4, 0.5) is 0 Å². The van der Waals surface area contributed by atoms with Crippen LogP contribution in [0.3, 0.4) is 0 Å². The van der Waals surface area contributed by atoms with E-state index in [9.17, 15) is 5.11 Å². The molecule has 0 bridgehead atoms. The van der Waals surface area contributed by atoms with Crippen LogP contribution in [0.15, 0.2) is 24.3 Å². The van der Waals surface area contributed by atoms with Crippen molar-refractivity contribution in [3.8, 4) is 5.75 Å². The Morgan fingerprint density at radius 1 is 1.40 bits per heavy atom. The van der Waals surface area contributed by atoms with Gasteiger partial charge in [-0.15, -0.1) is 0 Å². The molecule has 1 saturated heterocycles. The highest BCUT2D eigenvalue weighted by atomic mass is 16.5. The molecule has 3 N–H and O–H groups in total. The number of aliphatic hydroxyl groups is 1. The Morgan fingerprint density at radius 2 is 2.20 bits per heavy atom. The second-order valence-electron chi connectivity index (χ2n) is 6.22. The van der Waals surface area contributed by atoms with Gasteiger partial charge in [-0.2, -0.15) is 0 Å². The molecule has 3 rings (SSSR count). The second-order valence-corrected chi connectivity index (χ2v) is 6.22. The van der Waals surface area contributed by atoms with Gasteiger partial charge >= 0.3 is 0 Å². The molecule has 3 unspecified atom stereocenters. The summed E-state index contributed by atoms with van der Waals surface area (Å²) in [7, 11) is 0. The van der Waals surface area contributed by atoms with Crippen molar-refractivity contribution in [2.75, 3.05) is 19.8 Å². The van der Waals surface area contributed by atoms with Gasteiger partial charge in [-0.3, -0.25) is 0 Å². The molecule has 4 nitrogen and oxygen atoms in total. The lowest BCUT2D eigenvalue weighted by atomic mass is 9.63. The quantitative estimate of drug-likeness (QED) is 0.860. The number of nitrogens with two attached hydrogens (primary N) is 1. The molecular weight excluding hydrogens is 254 g/mol. The maximum atomic E-state index is 11.2. The first-order valence-corrected chi connectivity index (χ1v) is 7.33. The summed E-state index contributed by atoms with van der Waals surface area (Å²) in [6.07, 6.45) is 2.08. The van der Waals surface area contributed by atoms with Gasteiger partial charge < -0.3 is 20.3 Å². The first-order chi connectivity index (χ1) is 9.59. The minimum absolute atomic E-state index is 0.0642. The lowest BCUT2D eigenvalue weighted by Crippen LogP contribution is -2.61. The minimum Gasteiger partial charge on any atom is -0.493 e. The molecular formula is C16H23NO3. The molecule has 0 saturated carbocycles. The van der Waals surface area contributed by atoms with E-state index in [0.29, 0.717) is 32.6 Å². The Labute approximate surface area is 119 Å². The largest absolute Gasteiger partial charge is 0.493 e. The van der Waals surface area contributed by atoms with Gasteiger partial charge in [0.05, 0.1) is 18.3 Å². The van der Waals surface area contributed by atoms with E-state index in [1.165, 1.54) is 0 Å². The van der Waals surface area contributed by atoms with Crippen LogP contribution < -0.4 is 10.5 Å². The van der Waals surface area contributed by atoms with E-state index >= 15 is 0 Å². The summed E-state index contributed by atoms with van der Waals surface area (Å²) < 4.78 is 11.5. The van der Waals surface area contributed by atoms with E-state index in [2.05, 4.69) is 6.07 Å². The molecule has 0 aliphatic carbocycles. The molecule has 2 heterocycles. The summed E-state index contributed by atoms with van der Waals surface area (Å²) >= 11 is 0. The first kappa shape index (κ1) is 13.9. The van der Waals surface area contributed by atoms with Gasteiger partial charge in [-0.05, 0) is 25.0 Å². The Hall–Kier alpha value is -1.10. The van der Waals surface area contributed by atoms with Crippen LogP contribution in [0, 0.1) is 5.41 Å². The fourth-order valence-electron chi connectivity index (χ4n) is 3.59. The van der Waals surface area contributed by atoms with Gasteiger partial charge in [0.15, 0.2) is 0 Å². The number of para-hydroxylation sites is 1. The summed E-state index contributed by atoms with van der Waals surface area (Å²) in [6, 6.07) is 8.02. The molecule has 0 aromatic heterocycles. The average molecular weight is 277 g/mol. The van der Waals surface area contributed by atoms with Crippen molar-refractivity contribution in [1.29, 1.82) is 0 Å². The zero-order valence-corrected chi connectivity index (χ0v) is 12.0. The third kappa shape index (κ3) is 2.12. The number of fused-ring (bicyclic) bond motifs is 1. The molecule has 2 aliphatic rings. The highest BCUT2D eigenvalue weighted by Gasteiger charge is 2.53. The van der Waals surface area contributed by atoms with Crippen LogP contribution >= 0.6 is 0 Å². The van der Waals surface area contributed by atoms with Crippen molar-refractivity contribution in [3.05, 3.63) is 29.8 Å². The van der Waals surface area contributed by atoms with Crippen molar-refractivity contribution in [2.24, 2.45) is 11.1 Å². The standard InChI is InChI=1S/C16H23NO3/c1-12-8-16(18,6-7-19-12)15(10-17)9-13-4-2-3-5-14(13)20-11-15/h2-5,12,18H,6-11,17H2,1H3. The third-order valence-corrected chi connectivity index (χ3v) is 4.93. The van der Waals surface area contributed by atoms with Crippen molar-refractivity contribution in [1.82, 2.24) is 0 Å². The minimum atomic E-state index is -0.813. The van der Waals surface area contributed by atoms with Crippen molar-refractivity contribution < 1.29 is 14.6 Å². The van der Waals surface area contributed by atoms with Crippen LogP contribution in [-0.2, 0) is 11.2 Å². The maximum absolute atomic E-state index is 11.2. The molecule has 3 atom stereocenters. The number of benzene rings is 1. The zero-order chi connectivity index (χ0) is 14.2. The molecule has 110 valence electrons. The number of rotatable bonds is 2. The van der Waals surface area contributed by atoms with Crippen molar-refractivity contribution in [2.45, 2.75) is 37.9 Å². The fraction of sp³-hybridized carbons (Fsp3) is 0.625. The molecule has 20 heavy (non-hydrogen) atoms. The number of ether oxygens (including phenoxy) is 2. The van der Waals surface area contributed by atoms with Crippen LogP contribution in [-0.4, -0.2) is 36.6 Å². The van der Waals surface area contributed by atoms with Crippen molar-refractivity contribution >= 4 is 0 Å². The maximum Gasteiger partial charge on any atom is 0.122 e. The normalized spacial score (nSPS) is 37.0. The highest BCUT2D eigenvalue weighted by molar-refractivity contribution is 5.37. The van der Waals surface area contributed by atoms with Crippen molar-refractivity contribution in [3.63, 3.8) is 0 Å². The molecule has 1 fully saturated rings. The number of hydrogen-bond donors (Lipinski definition) is 2. The molecule has 0 spiro atoms. The van der Waals surface area contributed by atoms with Gasteiger partial charge in [0, 0.05) is 31.4 Å². The summed E-state index contributed by atoms with van der Waals surface area (Å²) in [5, 5.41) is 11.2. The predicted molar refractivity (Wildman–Crippen MR) is 76.7 cm³/mol. The molecule has 2 aliphatic heterocycles. The first-order valence-electron chi connectivity index (χ1n) is 7.33. The summed E-state index contributed by atoms with van der Waals surface area (Å²) in [5.41, 5.74) is 5.98. The van der Waals surface area contributed by atoms with E-state index in [0.717, 1.165) is 17.7 Å². The zero-order valence-electron chi connectivity index (χ0n) is 12.0. The monoisotopic (exact) mass is 277 g/mol. The van der Waals surface area contributed by atoms with Crippen LogP contribution in [0.2, 0.25) is 0 Å². The lowest BCUT2D eigenvalue weighted by Gasteiger charge is -2.51. The fourth-order valence-corrected chi connectivity index (χ4v) is 3.59. The molecule has 4 heteroatoms. The highest BCUT2D eigenvalue weighted by Crippen LogP contribution is 2.46. The molecule has 0 radical (unpaired) electrons. The van der Waals surface area contributed by atoms with Crippen LogP contribution in [0.25, 0.3) is 0 Å². The second kappa shape index (κ2) is 5.02. The topological polar surface area (TPSA) is 64.7 Å². The summed E-state index contributed by atoms with van der Waals surface area (Å²) in [6.45, 7) is 3.49. The van der Waals surface area contributed by atoms with E-state index in [-0.39, 0.29) is 6.10 Å². The predicted octanol–water partition coefficient (Wildman–Crippen LogP) is 1.50. The summed E-state index contributed by atoms with van der Waals surface area (Å²) in [4.78, 5) is 0. The van der Waals surface area contributed by atoms with E-state index < -0.39 is 11.0 Å². The molecule has 0 amide bonds. The Bertz CT molecular complexity index is 492. The van der Waals surface area contributed by atoms with Gasteiger partial charge in [0.25, 0.3) is 0 Å². The van der Waals surface area contributed by atoms with Crippen LogP contribution in [0.1, 0.15) is 25.3 Å². The number of hydrogen-bond acceptors (Lipinski definition) is 4. The van der Waals surface area contributed by atoms with Gasteiger partial charge in [0.2, 0.25) is 0 Å². The molecule has 1 aromatic rings. The van der Waals surface area contributed by atoms with Gasteiger partial charge in [-0.25, -0.2) is 0 Å². The van der Waals surface area contributed by atoms with E-state index in [1.54, 1.807) is 0 Å². The Kier molecular flexibility index (Phi) is 3.48.